The van der Waals surface area contributed by atoms with E-state index in [4.69, 9.17) is 11.6 Å². The lowest BCUT2D eigenvalue weighted by atomic mass is 9.90. The van der Waals surface area contributed by atoms with E-state index in [1.54, 1.807) is 11.0 Å². The first kappa shape index (κ1) is 15.2. The predicted molar refractivity (Wildman–Crippen MR) is 82.7 cm³/mol. The summed E-state index contributed by atoms with van der Waals surface area (Å²) < 4.78 is 0. The lowest BCUT2D eigenvalue weighted by Crippen LogP contribution is -2.48. The van der Waals surface area contributed by atoms with Crippen LogP contribution in [0, 0.1) is 5.92 Å². The van der Waals surface area contributed by atoms with Gasteiger partial charge in [0.15, 0.2) is 0 Å². The highest BCUT2D eigenvalue weighted by Gasteiger charge is 2.45. The van der Waals surface area contributed by atoms with E-state index in [0.717, 1.165) is 18.4 Å². The van der Waals surface area contributed by atoms with Gasteiger partial charge in [-0.3, -0.25) is 4.79 Å². The third-order valence-corrected chi connectivity index (χ3v) is 4.92. The Bertz CT molecular complexity index is 579. The fourth-order valence-electron chi connectivity index (χ4n) is 3.68. The molecule has 0 aliphatic carbocycles. The first-order valence-electron chi connectivity index (χ1n) is 7.58. The van der Waals surface area contributed by atoms with Crippen molar-refractivity contribution in [3.63, 3.8) is 0 Å². The molecular weight excluding hydrogens is 304 g/mol. The highest BCUT2D eigenvalue weighted by molar-refractivity contribution is 6.30. The van der Waals surface area contributed by atoms with E-state index in [-0.39, 0.29) is 23.9 Å². The Balaban J connectivity index is 1.57. The largest absolute Gasteiger partial charge is 0.465 e. The van der Waals surface area contributed by atoms with Crippen LogP contribution in [0.15, 0.2) is 24.3 Å². The number of nitrogens with zero attached hydrogens (tertiary/aromatic N) is 1. The zero-order valence-electron chi connectivity index (χ0n) is 12.2. The standard InChI is InChI=1S/C16H19ClN2O3/c17-12-3-1-2-10(6-12)9-18-15(20)11-7-13-4-5-14(8-11)19(13)16(21)22/h1-3,6,11,13-14H,4-5,7-9H2,(H,18,20)(H,21,22)/t11?,13-,14?/m0/s1. The molecule has 2 aliphatic rings. The topological polar surface area (TPSA) is 69.6 Å². The average molecular weight is 323 g/mol. The first-order valence-corrected chi connectivity index (χ1v) is 7.96. The number of piperidine rings is 1. The predicted octanol–water partition coefficient (Wildman–Crippen LogP) is 2.88. The maximum absolute atomic E-state index is 12.3. The van der Waals surface area contributed by atoms with Crippen LogP contribution in [0.25, 0.3) is 0 Å². The maximum atomic E-state index is 12.3. The molecule has 2 amide bonds. The van der Waals surface area contributed by atoms with Gasteiger partial charge < -0.3 is 15.3 Å². The number of carbonyl (C=O) groups excluding carboxylic acids is 1. The molecule has 118 valence electrons. The van der Waals surface area contributed by atoms with Crippen molar-refractivity contribution in [3.05, 3.63) is 34.9 Å². The fourth-order valence-corrected chi connectivity index (χ4v) is 3.90. The Kier molecular flexibility index (Phi) is 4.25. The van der Waals surface area contributed by atoms with E-state index in [0.29, 0.717) is 24.4 Å². The minimum absolute atomic E-state index is 0.00169. The number of carboxylic acid groups (broad SMARTS) is 1. The summed E-state index contributed by atoms with van der Waals surface area (Å²) in [5.74, 6) is -0.0748. The van der Waals surface area contributed by atoms with Crippen molar-refractivity contribution in [2.24, 2.45) is 5.92 Å². The number of halogens is 1. The number of fused-ring (bicyclic) bond motifs is 2. The number of hydrogen-bond acceptors (Lipinski definition) is 2. The molecule has 2 aliphatic heterocycles. The summed E-state index contributed by atoms with van der Waals surface area (Å²) in [5.41, 5.74) is 0.965. The van der Waals surface area contributed by atoms with Crippen molar-refractivity contribution >= 4 is 23.6 Å². The van der Waals surface area contributed by atoms with Crippen LogP contribution in [0.2, 0.25) is 5.02 Å². The van der Waals surface area contributed by atoms with Gasteiger partial charge in [0.2, 0.25) is 5.91 Å². The van der Waals surface area contributed by atoms with Gasteiger partial charge >= 0.3 is 6.09 Å². The summed E-state index contributed by atoms with van der Waals surface area (Å²) in [7, 11) is 0. The van der Waals surface area contributed by atoms with E-state index in [9.17, 15) is 14.7 Å². The molecule has 0 radical (unpaired) electrons. The molecule has 5 nitrogen and oxygen atoms in total. The molecule has 0 spiro atoms. The van der Waals surface area contributed by atoms with Crippen molar-refractivity contribution in [1.82, 2.24) is 10.2 Å². The summed E-state index contributed by atoms with van der Waals surface area (Å²) in [6.07, 6.45) is 2.14. The zero-order valence-corrected chi connectivity index (χ0v) is 12.9. The Morgan fingerprint density at radius 2 is 1.95 bits per heavy atom. The Labute approximate surface area is 134 Å². The molecule has 0 aromatic heterocycles. The molecule has 6 heteroatoms. The molecule has 1 aromatic rings. The van der Waals surface area contributed by atoms with Crippen LogP contribution in [0.5, 0.6) is 0 Å². The van der Waals surface area contributed by atoms with Crippen LogP contribution in [0.1, 0.15) is 31.2 Å². The van der Waals surface area contributed by atoms with Crippen molar-refractivity contribution < 1.29 is 14.7 Å². The molecule has 0 saturated carbocycles. The van der Waals surface area contributed by atoms with E-state index in [2.05, 4.69) is 5.32 Å². The number of hydrogen-bond donors (Lipinski definition) is 2. The highest BCUT2D eigenvalue weighted by Crippen LogP contribution is 2.38. The SMILES string of the molecule is O=C(NCc1cccc(Cl)c1)C1CC2CC[C@@H](C1)N2C(=O)O. The van der Waals surface area contributed by atoms with Gasteiger partial charge in [0, 0.05) is 29.6 Å². The monoisotopic (exact) mass is 322 g/mol. The van der Waals surface area contributed by atoms with Crippen LogP contribution < -0.4 is 5.32 Å². The van der Waals surface area contributed by atoms with E-state index in [1.807, 2.05) is 18.2 Å². The molecule has 3 rings (SSSR count). The third kappa shape index (κ3) is 3.04. The van der Waals surface area contributed by atoms with Crippen molar-refractivity contribution in [2.75, 3.05) is 0 Å². The molecule has 22 heavy (non-hydrogen) atoms. The van der Waals surface area contributed by atoms with Crippen LogP contribution in [-0.2, 0) is 11.3 Å². The number of carbonyl (C=O) groups is 2. The average Bonchev–Trinajstić information content (AvgIpc) is 2.76. The molecule has 1 aromatic carbocycles. The zero-order chi connectivity index (χ0) is 15.7. The van der Waals surface area contributed by atoms with Gasteiger partial charge in [0.1, 0.15) is 0 Å². The minimum Gasteiger partial charge on any atom is -0.465 e. The Morgan fingerprint density at radius 3 is 2.55 bits per heavy atom. The second-order valence-electron chi connectivity index (χ2n) is 6.09. The normalized spacial score (nSPS) is 26.8. The van der Waals surface area contributed by atoms with Gasteiger partial charge in [-0.1, -0.05) is 23.7 Å². The fraction of sp³-hybridized carbons (Fsp3) is 0.500. The number of benzene rings is 1. The van der Waals surface area contributed by atoms with Crippen LogP contribution in [0.3, 0.4) is 0 Å². The Hall–Kier alpha value is -1.75. The molecule has 2 N–H and O–H groups in total. The van der Waals surface area contributed by atoms with E-state index >= 15 is 0 Å². The summed E-state index contributed by atoms with van der Waals surface area (Å²) >= 11 is 5.93. The highest BCUT2D eigenvalue weighted by atomic mass is 35.5. The summed E-state index contributed by atoms with van der Waals surface area (Å²) in [5, 5.41) is 12.8. The van der Waals surface area contributed by atoms with E-state index in [1.165, 1.54) is 0 Å². The van der Waals surface area contributed by atoms with Crippen LogP contribution >= 0.6 is 11.6 Å². The van der Waals surface area contributed by atoms with Gasteiger partial charge in [-0.15, -0.1) is 0 Å². The number of amides is 2. The summed E-state index contributed by atoms with van der Waals surface area (Å²) in [4.78, 5) is 25.1. The minimum atomic E-state index is -0.856. The van der Waals surface area contributed by atoms with Crippen molar-refractivity contribution in [1.29, 1.82) is 0 Å². The van der Waals surface area contributed by atoms with Gasteiger partial charge in [-0.25, -0.2) is 4.79 Å². The van der Waals surface area contributed by atoms with Crippen molar-refractivity contribution in [3.8, 4) is 0 Å². The van der Waals surface area contributed by atoms with Crippen molar-refractivity contribution in [2.45, 2.75) is 44.3 Å². The summed E-state index contributed by atoms with van der Waals surface area (Å²) in [6, 6.07) is 7.40. The smallest absolute Gasteiger partial charge is 0.407 e. The molecule has 2 bridgehead atoms. The lowest BCUT2D eigenvalue weighted by Gasteiger charge is -2.36. The molecule has 3 atom stereocenters. The maximum Gasteiger partial charge on any atom is 0.407 e. The molecule has 2 fully saturated rings. The number of nitrogens with one attached hydrogen (secondary N) is 1. The third-order valence-electron chi connectivity index (χ3n) is 4.68. The molecule has 2 unspecified atom stereocenters. The van der Waals surface area contributed by atoms with E-state index < -0.39 is 6.09 Å². The Morgan fingerprint density at radius 1 is 1.27 bits per heavy atom. The van der Waals surface area contributed by atoms with Crippen LogP contribution in [0.4, 0.5) is 4.79 Å². The van der Waals surface area contributed by atoms with Gasteiger partial charge in [-0.05, 0) is 43.4 Å². The quantitative estimate of drug-likeness (QED) is 0.899. The van der Waals surface area contributed by atoms with Gasteiger partial charge in [0.05, 0.1) is 0 Å². The number of rotatable bonds is 3. The van der Waals surface area contributed by atoms with Crippen LogP contribution in [-0.4, -0.2) is 34.1 Å². The molecule has 2 saturated heterocycles. The second-order valence-corrected chi connectivity index (χ2v) is 6.53. The van der Waals surface area contributed by atoms with Gasteiger partial charge in [0.25, 0.3) is 0 Å². The first-order chi connectivity index (χ1) is 10.5. The van der Waals surface area contributed by atoms with Gasteiger partial charge in [-0.2, -0.15) is 0 Å². The molecular formula is C16H19ClN2O3. The lowest BCUT2D eigenvalue weighted by molar-refractivity contribution is -0.127. The summed E-state index contributed by atoms with van der Waals surface area (Å²) in [6.45, 7) is 0.452. The molecule has 2 heterocycles. The second kappa shape index (κ2) is 6.16.